The number of nitrogens with zero attached hydrogens (tertiary/aromatic N) is 3. The van der Waals surface area contributed by atoms with E-state index in [0.29, 0.717) is 37.4 Å². The minimum absolute atomic E-state index is 0.215. The molecule has 0 spiro atoms. The van der Waals surface area contributed by atoms with Crippen molar-refractivity contribution in [3.05, 3.63) is 53.3 Å². The fourth-order valence-electron chi connectivity index (χ4n) is 2.63. The fourth-order valence-corrected chi connectivity index (χ4v) is 4.23. The molecule has 0 aliphatic carbocycles. The summed E-state index contributed by atoms with van der Waals surface area (Å²) in [5, 5.41) is 2.94. The van der Waals surface area contributed by atoms with E-state index in [1.807, 2.05) is 7.05 Å². The number of pyridine rings is 1. The summed E-state index contributed by atoms with van der Waals surface area (Å²) in [4.78, 5) is 18.3. The van der Waals surface area contributed by atoms with Crippen LogP contribution in [0.15, 0.2) is 47.5 Å². The van der Waals surface area contributed by atoms with Gasteiger partial charge >= 0.3 is 0 Å². The first kappa shape index (κ1) is 18.8. The second kappa shape index (κ2) is 7.71. The second-order valence-electron chi connectivity index (χ2n) is 6.05. The van der Waals surface area contributed by atoms with Gasteiger partial charge < -0.3 is 10.2 Å². The Hall–Kier alpha value is -2.00. The predicted octanol–water partition coefficient (Wildman–Crippen LogP) is 1.92. The number of carbonyl (C=O) groups excluding carboxylic acids is 1. The van der Waals surface area contributed by atoms with E-state index in [0.717, 1.165) is 0 Å². The average molecular weight is 395 g/mol. The molecule has 7 nitrogen and oxygen atoms in total. The topological polar surface area (TPSA) is 82.6 Å². The van der Waals surface area contributed by atoms with Crippen molar-refractivity contribution >= 4 is 33.2 Å². The van der Waals surface area contributed by atoms with E-state index >= 15 is 0 Å². The lowest BCUT2D eigenvalue weighted by Crippen LogP contribution is -2.46. The Labute approximate surface area is 157 Å². The van der Waals surface area contributed by atoms with Gasteiger partial charge in [0.2, 0.25) is 10.0 Å². The average Bonchev–Trinajstić information content (AvgIpc) is 2.62. The van der Waals surface area contributed by atoms with Gasteiger partial charge in [0.25, 0.3) is 5.91 Å². The number of amides is 1. The van der Waals surface area contributed by atoms with Crippen molar-refractivity contribution in [1.82, 2.24) is 14.2 Å². The number of hydrogen-bond donors (Lipinski definition) is 1. The molecule has 0 bridgehead atoms. The molecule has 3 rings (SSSR count). The van der Waals surface area contributed by atoms with Crippen molar-refractivity contribution in [2.45, 2.75) is 4.90 Å². The first-order valence-corrected chi connectivity index (χ1v) is 9.90. The van der Waals surface area contributed by atoms with E-state index in [1.54, 1.807) is 18.2 Å². The standard InChI is InChI=1S/C17H19ClN4O3S/c1-21-8-10-22(11-9-21)26(24,25)15-4-2-14(3-5-15)20-17(23)13-6-7-19-16(18)12-13/h2-7,12H,8-11H2,1H3,(H,20,23). The van der Waals surface area contributed by atoms with Crippen molar-refractivity contribution in [3.63, 3.8) is 0 Å². The third-order valence-corrected chi connectivity index (χ3v) is 6.32. The minimum Gasteiger partial charge on any atom is -0.322 e. The highest BCUT2D eigenvalue weighted by atomic mass is 35.5. The molecule has 9 heteroatoms. The van der Waals surface area contributed by atoms with Crippen LogP contribution < -0.4 is 5.32 Å². The number of nitrogens with one attached hydrogen (secondary N) is 1. The third-order valence-electron chi connectivity index (χ3n) is 4.20. The lowest BCUT2D eigenvalue weighted by molar-refractivity contribution is 0.102. The minimum atomic E-state index is -3.52. The summed E-state index contributed by atoms with van der Waals surface area (Å²) in [5.74, 6) is -0.344. The summed E-state index contributed by atoms with van der Waals surface area (Å²) in [5.41, 5.74) is 0.874. The Balaban J connectivity index is 1.71. The molecule has 0 unspecified atom stereocenters. The van der Waals surface area contributed by atoms with Crippen molar-refractivity contribution in [3.8, 4) is 0 Å². The van der Waals surface area contributed by atoms with Gasteiger partial charge in [-0.15, -0.1) is 0 Å². The number of aromatic nitrogens is 1. The monoisotopic (exact) mass is 394 g/mol. The van der Waals surface area contributed by atoms with Gasteiger partial charge in [-0.2, -0.15) is 4.31 Å². The van der Waals surface area contributed by atoms with Crippen molar-refractivity contribution < 1.29 is 13.2 Å². The highest BCUT2D eigenvalue weighted by molar-refractivity contribution is 7.89. The number of benzene rings is 1. The number of hydrogen-bond acceptors (Lipinski definition) is 5. The summed E-state index contributed by atoms with van der Waals surface area (Å²) in [6, 6.07) is 9.16. The molecule has 1 saturated heterocycles. The van der Waals surface area contributed by atoms with E-state index in [4.69, 9.17) is 11.6 Å². The summed E-state index contributed by atoms with van der Waals surface area (Å²) in [6.07, 6.45) is 1.45. The fraction of sp³-hybridized carbons (Fsp3) is 0.294. The highest BCUT2D eigenvalue weighted by Gasteiger charge is 2.27. The molecule has 0 radical (unpaired) electrons. The highest BCUT2D eigenvalue weighted by Crippen LogP contribution is 2.20. The van der Waals surface area contributed by atoms with Crippen molar-refractivity contribution in [2.24, 2.45) is 0 Å². The molecule has 2 aromatic rings. The van der Waals surface area contributed by atoms with Gasteiger partial charge in [0, 0.05) is 43.6 Å². The zero-order valence-corrected chi connectivity index (χ0v) is 15.8. The van der Waals surface area contributed by atoms with Crippen LogP contribution in [-0.2, 0) is 10.0 Å². The summed E-state index contributed by atoms with van der Waals surface area (Å²) < 4.78 is 26.9. The van der Waals surface area contributed by atoms with Gasteiger partial charge in [-0.3, -0.25) is 4.79 Å². The number of rotatable bonds is 4. The molecule has 26 heavy (non-hydrogen) atoms. The molecule has 138 valence electrons. The Morgan fingerprint density at radius 1 is 1.12 bits per heavy atom. The SMILES string of the molecule is CN1CCN(S(=O)(=O)c2ccc(NC(=O)c3ccnc(Cl)c3)cc2)CC1. The van der Waals surface area contributed by atoms with E-state index in [9.17, 15) is 13.2 Å². The molecule has 1 fully saturated rings. The van der Waals surface area contributed by atoms with Crippen LogP contribution in [0.4, 0.5) is 5.69 Å². The maximum atomic E-state index is 12.7. The molecule has 1 aromatic heterocycles. The lowest BCUT2D eigenvalue weighted by atomic mass is 10.2. The number of sulfonamides is 1. The van der Waals surface area contributed by atoms with E-state index in [2.05, 4.69) is 15.2 Å². The third kappa shape index (κ3) is 4.21. The molecular formula is C17H19ClN4O3S. The van der Waals surface area contributed by atoms with Gasteiger partial charge in [0.15, 0.2) is 0 Å². The smallest absolute Gasteiger partial charge is 0.255 e. The number of piperazine rings is 1. The molecular weight excluding hydrogens is 376 g/mol. The predicted molar refractivity (Wildman–Crippen MR) is 99.9 cm³/mol. The summed E-state index contributed by atoms with van der Waals surface area (Å²) >= 11 is 5.78. The van der Waals surface area contributed by atoms with Crippen LogP contribution in [0.5, 0.6) is 0 Å². The van der Waals surface area contributed by atoms with Crippen LogP contribution in [0.3, 0.4) is 0 Å². The van der Waals surface area contributed by atoms with Crippen molar-refractivity contribution in [2.75, 3.05) is 38.5 Å². The molecule has 1 amide bonds. The van der Waals surface area contributed by atoms with Gasteiger partial charge in [0.05, 0.1) is 4.90 Å². The number of anilines is 1. The van der Waals surface area contributed by atoms with Crippen LogP contribution >= 0.6 is 11.6 Å². The zero-order valence-electron chi connectivity index (χ0n) is 14.2. The van der Waals surface area contributed by atoms with Crippen LogP contribution in [0.2, 0.25) is 5.15 Å². The Morgan fingerprint density at radius 2 is 1.77 bits per heavy atom. The summed E-state index contributed by atoms with van der Waals surface area (Å²) in [7, 11) is -1.55. The van der Waals surface area contributed by atoms with Crippen molar-refractivity contribution in [1.29, 1.82) is 0 Å². The first-order valence-electron chi connectivity index (χ1n) is 8.08. The van der Waals surface area contributed by atoms with E-state index in [1.165, 1.54) is 28.7 Å². The summed E-state index contributed by atoms with van der Waals surface area (Å²) in [6.45, 7) is 2.37. The van der Waals surface area contributed by atoms with Crippen LogP contribution in [0, 0.1) is 0 Å². The van der Waals surface area contributed by atoms with Gasteiger partial charge in [0.1, 0.15) is 5.15 Å². The zero-order chi connectivity index (χ0) is 18.7. The molecule has 0 atom stereocenters. The normalized spacial score (nSPS) is 16.4. The number of carbonyl (C=O) groups is 1. The number of likely N-dealkylation sites (N-methyl/N-ethyl adjacent to an activating group) is 1. The largest absolute Gasteiger partial charge is 0.322 e. The molecule has 2 heterocycles. The number of halogens is 1. The second-order valence-corrected chi connectivity index (χ2v) is 8.38. The van der Waals surface area contributed by atoms with Crippen LogP contribution in [0.25, 0.3) is 0 Å². The maximum Gasteiger partial charge on any atom is 0.255 e. The van der Waals surface area contributed by atoms with E-state index in [-0.39, 0.29) is 16.0 Å². The van der Waals surface area contributed by atoms with Gasteiger partial charge in [-0.1, -0.05) is 11.6 Å². The Bertz CT molecular complexity index is 894. The maximum absolute atomic E-state index is 12.7. The van der Waals surface area contributed by atoms with Crippen LogP contribution in [-0.4, -0.2) is 61.7 Å². The molecule has 0 saturated carbocycles. The molecule has 1 N–H and O–H groups in total. The van der Waals surface area contributed by atoms with Gasteiger partial charge in [-0.25, -0.2) is 13.4 Å². The molecule has 1 aromatic carbocycles. The Morgan fingerprint density at radius 3 is 2.38 bits per heavy atom. The molecule has 1 aliphatic heterocycles. The molecule has 1 aliphatic rings. The first-order chi connectivity index (χ1) is 12.4. The van der Waals surface area contributed by atoms with E-state index < -0.39 is 10.0 Å². The lowest BCUT2D eigenvalue weighted by Gasteiger charge is -2.31. The quantitative estimate of drug-likeness (QED) is 0.801. The van der Waals surface area contributed by atoms with Crippen LogP contribution in [0.1, 0.15) is 10.4 Å². The Kier molecular flexibility index (Phi) is 5.57. The van der Waals surface area contributed by atoms with Gasteiger partial charge in [-0.05, 0) is 43.4 Å².